The van der Waals surface area contributed by atoms with E-state index >= 15 is 0 Å². The molecule has 2 heterocycles. The molecule has 0 saturated carbocycles. The smallest absolute Gasteiger partial charge is 0.259 e. The Morgan fingerprint density at radius 3 is 2.45 bits per heavy atom. The van der Waals surface area contributed by atoms with Crippen LogP contribution in [0.5, 0.6) is 0 Å². The largest absolute Gasteiger partial charge is 0.300 e. The van der Waals surface area contributed by atoms with Crippen LogP contribution in [0.1, 0.15) is 24.9 Å². The van der Waals surface area contributed by atoms with Crippen molar-refractivity contribution in [3.05, 3.63) is 94.5 Å². The van der Waals surface area contributed by atoms with Crippen LogP contribution in [0.4, 0.5) is 4.39 Å². The molecular formula is C25H18FNO2. The molecule has 4 heteroatoms. The SMILES string of the molecule is CC(=O)CC1c2ccccc2-c2c(-c3ccccc3)c3cc(F)ccc3c(=O)n21. The third kappa shape index (κ3) is 2.64. The average Bonchev–Trinajstić information content (AvgIpc) is 3.03. The van der Waals surface area contributed by atoms with Crippen LogP contribution in [0.25, 0.3) is 33.2 Å². The number of Topliss-reactive ketones (excluding diaryl/α,β-unsaturated/α-hetero) is 1. The number of nitrogens with zero attached hydrogens (tertiary/aromatic N) is 1. The van der Waals surface area contributed by atoms with Gasteiger partial charge in [-0.3, -0.25) is 14.2 Å². The highest BCUT2D eigenvalue weighted by Gasteiger charge is 2.33. The van der Waals surface area contributed by atoms with Gasteiger partial charge in [0.2, 0.25) is 0 Å². The highest BCUT2D eigenvalue weighted by atomic mass is 19.1. The fourth-order valence-electron chi connectivity index (χ4n) is 4.46. The van der Waals surface area contributed by atoms with Crippen LogP contribution in [0.2, 0.25) is 0 Å². The van der Waals surface area contributed by atoms with Crippen molar-refractivity contribution in [2.24, 2.45) is 0 Å². The summed E-state index contributed by atoms with van der Waals surface area (Å²) in [7, 11) is 0. The minimum atomic E-state index is -0.384. The van der Waals surface area contributed by atoms with E-state index in [4.69, 9.17) is 0 Å². The molecule has 3 aromatic carbocycles. The Bertz CT molecular complexity index is 1340. The van der Waals surface area contributed by atoms with E-state index < -0.39 is 0 Å². The number of aromatic nitrogens is 1. The molecule has 0 aliphatic carbocycles. The zero-order valence-corrected chi connectivity index (χ0v) is 15.9. The standard InChI is InChI=1S/C25H18FNO2/c1-15(28)13-22-18-9-5-6-10-19(18)24-23(16-7-3-2-4-8-16)21-14-17(26)11-12-20(21)25(29)27(22)24/h2-12,14,22H,13H2,1H3. The number of ketones is 1. The molecule has 0 amide bonds. The zero-order chi connectivity index (χ0) is 20.1. The summed E-state index contributed by atoms with van der Waals surface area (Å²) in [6, 6.07) is 21.4. The molecule has 0 spiro atoms. The van der Waals surface area contributed by atoms with Gasteiger partial charge in [-0.05, 0) is 36.2 Å². The summed E-state index contributed by atoms with van der Waals surface area (Å²) in [4.78, 5) is 25.5. The van der Waals surface area contributed by atoms with Crippen LogP contribution in [0.3, 0.4) is 0 Å². The summed E-state index contributed by atoms with van der Waals surface area (Å²) in [5.41, 5.74) is 4.15. The monoisotopic (exact) mass is 383 g/mol. The molecule has 1 aromatic heterocycles. The van der Waals surface area contributed by atoms with Gasteiger partial charge in [-0.2, -0.15) is 0 Å². The average molecular weight is 383 g/mol. The van der Waals surface area contributed by atoms with Gasteiger partial charge in [-0.15, -0.1) is 0 Å². The van der Waals surface area contributed by atoms with Crippen molar-refractivity contribution < 1.29 is 9.18 Å². The van der Waals surface area contributed by atoms with E-state index in [-0.39, 0.29) is 29.6 Å². The van der Waals surface area contributed by atoms with Gasteiger partial charge in [0.25, 0.3) is 5.56 Å². The summed E-state index contributed by atoms with van der Waals surface area (Å²) in [5.74, 6) is -0.365. The first-order valence-corrected chi connectivity index (χ1v) is 9.58. The van der Waals surface area contributed by atoms with Crippen LogP contribution in [0, 0.1) is 5.82 Å². The minimum Gasteiger partial charge on any atom is -0.300 e. The fourth-order valence-corrected chi connectivity index (χ4v) is 4.46. The van der Waals surface area contributed by atoms with Gasteiger partial charge in [0.1, 0.15) is 11.6 Å². The molecule has 4 aromatic rings. The number of halogens is 1. The lowest BCUT2D eigenvalue weighted by Crippen LogP contribution is -2.25. The van der Waals surface area contributed by atoms with Gasteiger partial charge in [-0.25, -0.2) is 4.39 Å². The van der Waals surface area contributed by atoms with Crippen LogP contribution >= 0.6 is 0 Å². The lowest BCUT2D eigenvalue weighted by Gasteiger charge is -2.19. The number of carbonyl (C=O) groups excluding carboxylic acids is 1. The van der Waals surface area contributed by atoms with Crippen molar-refractivity contribution in [3.63, 3.8) is 0 Å². The molecule has 142 valence electrons. The van der Waals surface area contributed by atoms with E-state index in [0.29, 0.717) is 10.8 Å². The topological polar surface area (TPSA) is 39.1 Å². The predicted octanol–water partition coefficient (Wildman–Crippen LogP) is 5.36. The van der Waals surface area contributed by atoms with E-state index in [1.807, 2.05) is 54.6 Å². The van der Waals surface area contributed by atoms with Crippen molar-refractivity contribution >= 4 is 16.6 Å². The van der Waals surface area contributed by atoms with E-state index in [1.54, 1.807) is 17.6 Å². The second-order valence-corrected chi connectivity index (χ2v) is 7.46. The number of carbonyl (C=O) groups is 1. The van der Waals surface area contributed by atoms with Gasteiger partial charge >= 0.3 is 0 Å². The molecule has 0 saturated heterocycles. The third-order valence-electron chi connectivity index (χ3n) is 5.61. The molecular weight excluding hydrogens is 365 g/mol. The molecule has 0 N–H and O–H groups in total. The van der Waals surface area contributed by atoms with Crippen LogP contribution in [-0.2, 0) is 4.79 Å². The highest BCUT2D eigenvalue weighted by Crippen LogP contribution is 2.46. The summed E-state index contributed by atoms with van der Waals surface area (Å²) in [5, 5.41) is 1.04. The number of rotatable bonds is 3. The number of fused-ring (bicyclic) bond motifs is 4. The normalized spacial score (nSPS) is 14.6. The Balaban J connectivity index is 2.00. The van der Waals surface area contributed by atoms with Crippen molar-refractivity contribution in [2.45, 2.75) is 19.4 Å². The molecule has 1 unspecified atom stereocenters. The number of benzene rings is 3. The first kappa shape index (κ1) is 17.6. The Labute approximate surface area is 167 Å². The van der Waals surface area contributed by atoms with Gasteiger partial charge in [-0.1, -0.05) is 54.6 Å². The van der Waals surface area contributed by atoms with Gasteiger partial charge < -0.3 is 0 Å². The van der Waals surface area contributed by atoms with E-state index in [9.17, 15) is 14.0 Å². The molecule has 0 fully saturated rings. The van der Waals surface area contributed by atoms with E-state index in [1.165, 1.54) is 12.1 Å². The Morgan fingerprint density at radius 2 is 1.69 bits per heavy atom. The van der Waals surface area contributed by atoms with Crippen LogP contribution < -0.4 is 5.56 Å². The maximum absolute atomic E-state index is 14.2. The Hall–Kier alpha value is -3.53. The summed E-state index contributed by atoms with van der Waals surface area (Å²) < 4.78 is 15.9. The first-order chi connectivity index (χ1) is 14.1. The van der Waals surface area contributed by atoms with Gasteiger partial charge in [0.05, 0.1) is 11.7 Å². The highest BCUT2D eigenvalue weighted by molar-refractivity contribution is 6.04. The first-order valence-electron chi connectivity index (χ1n) is 9.58. The maximum atomic E-state index is 14.2. The van der Waals surface area contributed by atoms with Crippen molar-refractivity contribution in [2.75, 3.05) is 0 Å². The molecule has 1 aliphatic heterocycles. The van der Waals surface area contributed by atoms with Crippen molar-refractivity contribution in [3.8, 4) is 22.4 Å². The zero-order valence-electron chi connectivity index (χ0n) is 15.9. The molecule has 1 atom stereocenters. The Morgan fingerprint density at radius 1 is 0.966 bits per heavy atom. The Kier molecular flexibility index (Phi) is 3.95. The second-order valence-electron chi connectivity index (χ2n) is 7.46. The van der Waals surface area contributed by atoms with E-state index in [0.717, 1.165) is 27.9 Å². The van der Waals surface area contributed by atoms with Gasteiger partial charge in [0, 0.05) is 28.3 Å². The molecule has 0 bridgehead atoms. The lowest BCUT2D eigenvalue weighted by atomic mass is 9.93. The third-order valence-corrected chi connectivity index (χ3v) is 5.61. The van der Waals surface area contributed by atoms with Crippen LogP contribution in [-0.4, -0.2) is 10.4 Å². The summed E-state index contributed by atoms with van der Waals surface area (Å²) in [6.45, 7) is 1.54. The maximum Gasteiger partial charge on any atom is 0.259 e. The summed E-state index contributed by atoms with van der Waals surface area (Å²) in [6.07, 6.45) is 0.241. The van der Waals surface area contributed by atoms with E-state index in [2.05, 4.69) is 0 Å². The molecule has 29 heavy (non-hydrogen) atoms. The molecule has 3 nitrogen and oxygen atoms in total. The van der Waals surface area contributed by atoms with Crippen molar-refractivity contribution in [1.29, 1.82) is 0 Å². The number of hydrogen-bond acceptors (Lipinski definition) is 2. The predicted molar refractivity (Wildman–Crippen MR) is 112 cm³/mol. The minimum absolute atomic E-state index is 0.0185. The van der Waals surface area contributed by atoms with Gasteiger partial charge in [0.15, 0.2) is 0 Å². The second kappa shape index (κ2) is 6.52. The number of hydrogen-bond donors (Lipinski definition) is 0. The molecule has 5 rings (SSSR count). The summed E-state index contributed by atoms with van der Waals surface area (Å²) >= 11 is 0. The molecule has 0 radical (unpaired) electrons. The van der Waals surface area contributed by atoms with Crippen molar-refractivity contribution in [1.82, 2.24) is 4.57 Å². The lowest BCUT2D eigenvalue weighted by molar-refractivity contribution is -0.117. The number of pyridine rings is 1. The van der Waals surface area contributed by atoms with Crippen LogP contribution in [0.15, 0.2) is 77.6 Å². The fraction of sp³-hybridized carbons (Fsp3) is 0.120. The quantitative estimate of drug-likeness (QED) is 0.478. The molecule has 1 aliphatic rings.